The van der Waals surface area contributed by atoms with Crippen LogP contribution in [0, 0.1) is 0 Å². The van der Waals surface area contributed by atoms with Gasteiger partial charge in [-0.15, -0.1) is 34.9 Å². The van der Waals surface area contributed by atoms with E-state index < -0.39 is 0 Å². The first kappa shape index (κ1) is 8.73. The third-order valence-corrected chi connectivity index (χ3v) is 4.88. The molecule has 0 amide bonds. The summed E-state index contributed by atoms with van der Waals surface area (Å²) in [6.45, 7) is 2.24. The lowest BCUT2D eigenvalue weighted by Gasteiger charge is -2.09. The molecule has 0 radical (unpaired) electrons. The zero-order chi connectivity index (χ0) is 8.39. The Morgan fingerprint density at radius 3 is 3.33 bits per heavy atom. The number of hydrogen-bond donors (Lipinski definition) is 0. The van der Waals surface area contributed by atoms with Gasteiger partial charge in [-0.05, 0) is 23.8 Å². The van der Waals surface area contributed by atoms with Gasteiger partial charge in [0.05, 0.1) is 0 Å². The predicted octanol–water partition coefficient (Wildman–Crippen LogP) is 3.99. The van der Waals surface area contributed by atoms with E-state index in [1.165, 1.54) is 9.77 Å². The Balaban J connectivity index is 2.25. The summed E-state index contributed by atoms with van der Waals surface area (Å²) >= 11 is 5.73. The van der Waals surface area contributed by atoms with Gasteiger partial charge in [-0.1, -0.05) is 6.08 Å². The molecule has 3 heteroatoms. The van der Waals surface area contributed by atoms with Gasteiger partial charge in [0.25, 0.3) is 0 Å². The Bertz CT molecular complexity index is 288. The molecule has 0 nitrogen and oxygen atoms in total. The summed E-state index contributed by atoms with van der Waals surface area (Å²) in [7, 11) is 0. The Morgan fingerprint density at radius 2 is 2.42 bits per heavy atom. The van der Waals surface area contributed by atoms with Crippen molar-refractivity contribution in [3.05, 3.63) is 27.8 Å². The highest BCUT2D eigenvalue weighted by Gasteiger charge is 2.09. The highest BCUT2D eigenvalue weighted by Crippen LogP contribution is 2.35. The van der Waals surface area contributed by atoms with Gasteiger partial charge in [0.2, 0.25) is 0 Å². The summed E-state index contributed by atoms with van der Waals surface area (Å²) in [4.78, 5) is 3.01. The van der Waals surface area contributed by atoms with Crippen LogP contribution in [-0.4, -0.2) is 5.25 Å². The van der Waals surface area contributed by atoms with Gasteiger partial charge < -0.3 is 0 Å². The van der Waals surface area contributed by atoms with Gasteiger partial charge in [0.15, 0.2) is 0 Å². The van der Waals surface area contributed by atoms with E-state index in [1.54, 1.807) is 0 Å². The van der Waals surface area contributed by atoms with Crippen LogP contribution in [-0.2, 0) is 5.75 Å². The number of rotatable bonds is 0. The second-order valence-corrected chi connectivity index (χ2v) is 5.98. The third-order valence-electron chi connectivity index (χ3n) is 1.68. The van der Waals surface area contributed by atoms with E-state index in [-0.39, 0.29) is 0 Å². The molecule has 0 spiro atoms. The van der Waals surface area contributed by atoms with Crippen LogP contribution in [0.2, 0.25) is 0 Å². The summed E-state index contributed by atoms with van der Waals surface area (Å²) in [5, 5.41) is 5.03. The van der Waals surface area contributed by atoms with Crippen LogP contribution >= 0.6 is 34.9 Å². The van der Waals surface area contributed by atoms with Crippen LogP contribution in [0.4, 0.5) is 0 Å². The van der Waals surface area contributed by atoms with Gasteiger partial charge in [0.1, 0.15) is 0 Å². The molecule has 0 aromatic carbocycles. The molecule has 0 bridgehead atoms. The monoisotopic (exact) mass is 214 g/mol. The topological polar surface area (TPSA) is 0 Å². The van der Waals surface area contributed by atoms with Crippen molar-refractivity contribution in [1.29, 1.82) is 0 Å². The first-order valence-corrected chi connectivity index (χ1v) is 6.68. The highest BCUT2D eigenvalue weighted by atomic mass is 32.2. The van der Waals surface area contributed by atoms with Gasteiger partial charge in [-0.2, -0.15) is 0 Å². The quantitative estimate of drug-likeness (QED) is 0.640. The lowest BCUT2D eigenvalue weighted by atomic mass is 10.5. The molecule has 0 fully saturated rings. The fourth-order valence-electron chi connectivity index (χ4n) is 1.07. The molecule has 0 N–H and O–H groups in total. The average molecular weight is 214 g/mol. The fraction of sp³-hybridized carbons (Fsp3) is 0.333. The Hall–Kier alpha value is 0.140. The Labute approximate surface area is 85.4 Å². The minimum atomic E-state index is 0.617. The van der Waals surface area contributed by atoms with Crippen LogP contribution in [0.15, 0.2) is 27.8 Å². The molecular formula is C9H10S3. The molecule has 12 heavy (non-hydrogen) atoms. The van der Waals surface area contributed by atoms with Crippen molar-refractivity contribution in [3.8, 4) is 0 Å². The maximum absolute atomic E-state index is 2.27. The minimum absolute atomic E-state index is 0.617. The van der Waals surface area contributed by atoms with Crippen LogP contribution in [0.3, 0.4) is 0 Å². The molecule has 1 unspecified atom stereocenters. The van der Waals surface area contributed by atoms with Crippen molar-refractivity contribution in [2.45, 2.75) is 22.8 Å². The zero-order valence-corrected chi connectivity index (χ0v) is 9.27. The van der Waals surface area contributed by atoms with Gasteiger partial charge >= 0.3 is 0 Å². The van der Waals surface area contributed by atoms with Gasteiger partial charge in [-0.25, -0.2) is 0 Å². The van der Waals surface area contributed by atoms with Gasteiger partial charge in [-0.3, -0.25) is 0 Å². The standard InChI is InChI=1S/C9H10S3/c1-7-2-4-10-6-9-8(12-7)3-5-11-9/h2-5,7H,6H2,1H3. The van der Waals surface area contributed by atoms with E-state index in [2.05, 4.69) is 29.9 Å². The molecule has 64 valence electrons. The molecule has 1 aromatic rings. The van der Waals surface area contributed by atoms with Crippen LogP contribution in [0.1, 0.15) is 11.8 Å². The summed E-state index contributed by atoms with van der Waals surface area (Å²) in [6.07, 6.45) is 2.27. The van der Waals surface area contributed by atoms with E-state index in [4.69, 9.17) is 0 Å². The van der Waals surface area contributed by atoms with Crippen molar-refractivity contribution in [3.63, 3.8) is 0 Å². The minimum Gasteiger partial charge on any atom is -0.147 e. The van der Waals surface area contributed by atoms with Crippen molar-refractivity contribution in [2.24, 2.45) is 0 Å². The summed E-state index contributed by atoms with van der Waals surface area (Å²) in [5.41, 5.74) is 0. The smallest absolute Gasteiger partial charge is 0.0331 e. The normalized spacial score (nSPS) is 22.9. The third kappa shape index (κ3) is 1.90. The molecule has 2 rings (SSSR count). The molecule has 2 heterocycles. The van der Waals surface area contributed by atoms with Crippen LogP contribution in [0.25, 0.3) is 0 Å². The number of thioether (sulfide) groups is 2. The number of thiophene rings is 1. The van der Waals surface area contributed by atoms with Crippen molar-refractivity contribution < 1.29 is 0 Å². The van der Waals surface area contributed by atoms with E-state index in [0.29, 0.717) is 5.25 Å². The number of fused-ring (bicyclic) bond motifs is 1. The molecule has 1 aromatic heterocycles. The lowest BCUT2D eigenvalue weighted by molar-refractivity contribution is 1.23. The van der Waals surface area contributed by atoms with Crippen molar-refractivity contribution >= 4 is 34.9 Å². The van der Waals surface area contributed by atoms with E-state index in [9.17, 15) is 0 Å². The van der Waals surface area contributed by atoms with E-state index >= 15 is 0 Å². The molecular weight excluding hydrogens is 204 g/mol. The Kier molecular flexibility index (Phi) is 2.84. The van der Waals surface area contributed by atoms with Crippen molar-refractivity contribution in [1.82, 2.24) is 0 Å². The fourth-order valence-corrected chi connectivity index (χ4v) is 4.32. The van der Waals surface area contributed by atoms with Crippen LogP contribution in [0.5, 0.6) is 0 Å². The zero-order valence-electron chi connectivity index (χ0n) is 6.82. The maximum atomic E-state index is 2.27. The molecule has 1 atom stereocenters. The highest BCUT2D eigenvalue weighted by molar-refractivity contribution is 8.02. The van der Waals surface area contributed by atoms with Crippen LogP contribution < -0.4 is 0 Å². The largest absolute Gasteiger partial charge is 0.147 e. The predicted molar refractivity (Wildman–Crippen MR) is 60.1 cm³/mol. The van der Waals surface area contributed by atoms with E-state index in [1.807, 2.05) is 34.9 Å². The summed E-state index contributed by atoms with van der Waals surface area (Å²) in [6, 6.07) is 2.24. The SMILES string of the molecule is CC1C=CSCc2sccc2S1. The number of hydrogen-bond acceptors (Lipinski definition) is 3. The molecule has 0 aliphatic carbocycles. The first-order chi connectivity index (χ1) is 5.86. The van der Waals surface area contributed by atoms with Crippen molar-refractivity contribution in [2.75, 3.05) is 0 Å². The molecule has 0 saturated carbocycles. The molecule has 0 saturated heterocycles. The molecule has 1 aliphatic rings. The summed E-state index contributed by atoms with van der Waals surface area (Å²) < 4.78 is 0. The van der Waals surface area contributed by atoms with E-state index in [0.717, 1.165) is 5.75 Å². The second kappa shape index (κ2) is 3.90. The van der Waals surface area contributed by atoms with Gasteiger partial charge in [0, 0.05) is 20.8 Å². The first-order valence-electron chi connectivity index (χ1n) is 3.87. The molecule has 1 aliphatic heterocycles. The summed E-state index contributed by atoms with van der Waals surface area (Å²) in [5.74, 6) is 1.14. The second-order valence-electron chi connectivity index (χ2n) is 2.67. The average Bonchev–Trinajstić information content (AvgIpc) is 2.42. The maximum Gasteiger partial charge on any atom is 0.0331 e. The lowest BCUT2D eigenvalue weighted by Crippen LogP contribution is -1.91. The Morgan fingerprint density at radius 1 is 1.50 bits per heavy atom.